The van der Waals surface area contributed by atoms with E-state index in [1.807, 2.05) is 48.5 Å². The van der Waals surface area contributed by atoms with E-state index >= 15 is 0 Å². The molecule has 3 rings (SSSR count). The van der Waals surface area contributed by atoms with Crippen LogP contribution >= 0.6 is 0 Å². The van der Waals surface area contributed by atoms with Crippen molar-refractivity contribution < 1.29 is 4.74 Å². The van der Waals surface area contributed by atoms with Crippen molar-refractivity contribution in [2.75, 3.05) is 6.61 Å². The van der Waals surface area contributed by atoms with Crippen LogP contribution in [0.3, 0.4) is 0 Å². The van der Waals surface area contributed by atoms with Crippen LogP contribution in [0.5, 0.6) is 0 Å². The van der Waals surface area contributed by atoms with Crippen molar-refractivity contribution in [3.63, 3.8) is 0 Å². The largest absolute Gasteiger partial charge is 0.471 e. The molecule has 0 aromatic heterocycles. The maximum absolute atomic E-state index is 5.61. The smallest absolute Gasteiger partial charge is 0.221 e. The van der Waals surface area contributed by atoms with Gasteiger partial charge in [-0.3, -0.25) is 0 Å². The summed E-state index contributed by atoms with van der Waals surface area (Å²) in [6.07, 6.45) is 2.05. The monoisotopic (exact) mass is 235 g/mol. The molecule has 2 heteroatoms. The van der Waals surface area contributed by atoms with Gasteiger partial charge in [0.1, 0.15) is 6.61 Å². The molecule has 0 atom stereocenters. The minimum absolute atomic E-state index is 0.541. The Morgan fingerprint density at radius 2 is 1.56 bits per heavy atom. The predicted octanol–water partition coefficient (Wildman–Crippen LogP) is 3.50. The van der Waals surface area contributed by atoms with Gasteiger partial charge >= 0.3 is 0 Å². The molecule has 88 valence electrons. The Balaban J connectivity index is 1.86. The average molecular weight is 235 g/mol. The van der Waals surface area contributed by atoms with E-state index in [1.54, 1.807) is 0 Å². The molecule has 0 amide bonds. The number of rotatable bonds is 2. The molecule has 1 aliphatic heterocycles. The highest BCUT2D eigenvalue weighted by molar-refractivity contribution is 5.96. The van der Waals surface area contributed by atoms with Gasteiger partial charge in [0, 0.05) is 5.56 Å². The summed E-state index contributed by atoms with van der Waals surface area (Å²) in [5.41, 5.74) is 3.13. The summed E-state index contributed by atoms with van der Waals surface area (Å²) in [5, 5.41) is 0. The van der Waals surface area contributed by atoms with Crippen LogP contribution in [0, 0.1) is 0 Å². The van der Waals surface area contributed by atoms with Crippen LogP contribution in [0.4, 0.5) is 0 Å². The highest BCUT2D eigenvalue weighted by atomic mass is 16.5. The molecule has 2 aromatic rings. The fraction of sp³-hybridized carbons (Fsp3) is 0.0625. The molecule has 2 nitrogen and oxygen atoms in total. The second-order valence-corrected chi connectivity index (χ2v) is 4.12. The van der Waals surface area contributed by atoms with E-state index in [0.29, 0.717) is 12.5 Å². The number of hydrogen-bond acceptors (Lipinski definition) is 2. The van der Waals surface area contributed by atoms with Gasteiger partial charge in [0.05, 0.1) is 5.70 Å². The molecule has 0 bridgehead atoms. The molecule has 0 fully saturated rings. The van der Waals surface area contributed by atoms with Gasteiger partial charge in [0.25, 0.3) is 0 Å². The Kier molecular flexibility index (Phi) is 2.92. The van der Waals surface area contributed by atoms with Gasteiger partial charge in [0.2, 0.25) is 5.90 Å². The second kappa shape index (κ2) is 4.88. The van der Waals surface area contributed by atoms with Crippen LogP contribution in [-0.2, 0) is 4.74 Å². The van der Waals surface area contributed by atoms with Crippen LogP contribution in [0.1, 0.15) is 11.1 Å². The molecule has 0 N–H and O–H groups in total. The highest BCUT2D eigenvalue weighted by Gasteiger charge is 2.13. The van der Waals surface area contributed by atoms with Gasteiger partial charge < -0.3 is 4.74 Å². The van der Waals surface area contributed by atoms with E-state index in [-0.39, 0.29) is 0 Å². The fourth-order valence-electron chi connectivity index (χ4n) is 1.88. The Labute approximate surface area is 106 Å². The van der Waals surface area contributed by atoms with Crippen LogP contribution in [0.2, 0.25) is 0 Å². The molecule has 0 unspecified atom stereocenters. The van der Waals surface area contributed by atoms with E-state index < -0.39 is 0 Å². The van der Waals surface area contributed by atoms with Gasteiger partial charge in [-0.25, -0.2) is 4.99 Å². The van der Waals surface area contributed by atoms with Crippen LogP contribution in [-0.4, -0.2) is 12.5 Å². The zero-order chi connectivity index (χ0) is 12.2. The zero-order valence-corrected chi connectivity index (χ0v) is 9.91. The molecule has 0 aliphatic carbocycles. The van der Waals surface area contributed by atoms with Gasteiger partial charge in [-0.2, -0.15) is 0 Å². The summed E-state index contributed by atoms with van der Waals surface area (Å²) in [5.74, 6) is 0.706. The van der Waals surface area contributed by atoms with Gasteiger partial charge in [0.15, 0.2) is 0 Å². The zero-order valence-electron chi connectivity index (χ0n) is 9.91. The first-order valence-electron chi connectivity index (χ1n) is 5.94. The maximum Gasteiger partial charge on any atom is 0.221 e. The molecular formula is C16H13NO. The Morgan fingerprint density at radius 3 is 2.28 bits per heavy atom. The SMILES string of the molecule is C(=C1COC(c2ccccc2)=N1)c1ccccc1. The summed E-state index contributed by atoms with van der Waals surface area (Å²) >= 11 is 0. The van der Waals surface area contributed by atoms with E-state index in [0.717, 1.165) is 16.8 Å². The normalized spacial score (nSPS) is 16.4. The molecule has 0 radical (unpaired) electrons. The second-order valence-electron chi connectivity index (χ2n) is 4.12. The Hall–Kier alpha value is -2.35. The molecule has 0 saturated carbocycles. The van der Waals surface area contributed by atoms with Crippen molar-refractivity contribution >= 4 is 12.0 Å². The molecule has 0 saturated heterocycles. The molecule has 2 aromatic carbocycles. The topological polar surface area (TPSA) is 21.6 Å². The van der Waals surface area contributed by atoms with Crippen LogP contribution in [0.15, 0.2) is 71.4 Å². The lowest BCUT2D eigenvalue weighted by Gasteiger charge is -1.98. The first kappa shape index (κ1) is 10.8. The number of aliphatic imine (C=N–C) groups is 1. The number of benzene rings is 2. The van der Waals surface area contributed by atoms with Crippen molar-refractivity contribution in [1.29, 1.82) is 0 Å². The number of nitrogens with zero attached hydrogens (tertiary/aromatic N) is 1. The lowest BCUT2D eigenvalue weighted by Crippen LogP contribution is -1.99. The van der Waals surface area contributed by atoms with Crippen molar-refractivity contribution in [3.05, 3.63) is 77.5 Å². The van der Waals surface area contributed by atoms with E-state index in [9.17, 15) is 0 Å². The van der Waals surface area contributed by atoms with Gasteiger partial charge in [-0.15, -0.1) is 0 Å². The third kappa shape index (κ3) is 2.33. The van der Waals surface area contributed by atoms with Crippen LogP contribution in [0.25, 0.3) is 6.08 Å². The van der Waals surface area contributed by atoms with E-state index in [2.05, 4.69) is 23.2 Å². The minimum atomic E-state index is 0.541. The van der Waals surface area contributed by atoms with Crippen molar-refractivity contribution in [3.8, 4) is 0 Å². The quantitative estimate of drug-likeness (QED) is 0.780. The van der Waals surface area contributed by atoms with Crippen molar-refractivity contribution in [2.45, 2.75) is 0 Å². The third-order valence-corrected chi connectivity index (χ3v) is 2.76. The minimum Gasteiger partial charge on any atom is -0.471 e. The summed E-state index contributed by atoms with van der Waals surface area (Å²) < 4.78 is 5.61. The molecule has 0 spiro atoms. The third-order valence-electron chi connectivity index (χ3n) is 2.76. The fourth-order valence-corrected chi connectivity index (χ4v) is 1.88. The van der Waals surface area contributed by atoms with Crippen molar-refractivity contribution in [1.82, 2.24) is 0 Å². The molecular weight excluding hydrogens is 222 g/mol. The summed E-state index contributed by atoms with van der Waals surface area (Å²) in [6, 6.07) is 20.1. The summed E-state index contributed by atoms with van der Waals surface area (Å²) in [6.45, 7) is 0.541. The number of hydrogen-bond donors (Lipinski definition) is 0. The highest BCUT2D eigenvalue weighted by Crippen LogP contribution is 2.17. The van der Waals surface area contributed by atoms with Crippen molar-refractivity contribution in [2.24, 2.45) is 4.99 Å². The summed E-state index contributed by atoms with van der Waals surface area (Å²) in [7, 11) is 0. The lowest BCUT2D eigenvalue weighted by molar-refractivity contribution is 0.365. The molecule has 1 heterocycles. The Bertz CT molecular complexity index is 585. The van der Waals surface area contributed by atoms with E-state index in [4.69, 9.17) is 4.74 Å². The molecule has 18 heavy (non-hydrogen) atoms. The van der Waals surface area contributed by atoms with Crippen LogP contribution < -0.4 is 0 Å². The average Bonchev–Trinajstić information content (AvgIpc) is 2.89. The predicted molar refractivity (Wildman–Crippen MR) is 73.4 cm³/mol. The molecule has 1 aliphatic rings. The van der Waals surface area contributed by atoms with E-state index in [1.165, 1.54) is 0 Å². The Morgan fingerprint density at radius 1 is 0.889 bits per heavy atom. The number of ether oxygens (including phenoxy) is 1. The lowest BCUT2D eigenvalue weighted by atomic mass is 10.2. The first-order chi connectivity index (χ1) is 8.92. The van der Waals surface area contributed by atoms with Gasteiger partial charge in [-0.1, -0.05) is 48.5 Å². The standard InChI is InChI=1S/C16H13NO/c1-3-7-13(8-4-1)11-15-12-18-16(17-15)14-9-5-2-6-10-14/h1-11H,12H2. The summed E-state index contributed by atoms with van der Waals surface area (Å²) in [4.78, 5) is 4.51. The first-order valence-corrected chi connectivity index (χ1v) is 5.94. The van der Waals surface area contributed by atoms with Gasteiger partial charge in [-0.05, 0) is 23.8 Å². The maximum atomic E-state index is 5.61.